The van der Waals surface area contributed by atoms with Gasteiger partial charge in [0.15, 0.2) is 0 Å². The van der Waals surface area contributed by atoms with Crippen molar-refractivity contribution >= 4 is 22.3 Å². The summed E-state index contributed by atoms with van der Waals surface area (Å²) in [5.74, 6) is 0.732. The lowest BCUT2D eigenvalue weighted by atomic mass is 9.43. The first-order valence-corrected chi connectivity index (χ1v) is 14.9. The Morgan fingerprint density at radius 1 is 1.06 bits per heavy atom. The molecule has 0 aromatic rings. The molecule has 0 saturated heterocycles. The predicted molar refractivity (Wildman–Crippen MR) is 132 cm³/mol. The molecular weight excluding hydrogens is 486 g/mol. The van der Waals surface area contributed by atoms with Gasteiger partial charge < -0.3 is 15.5 Å². The van der Waals surface area contributed by atoms with Gasteiger partial charge in [0.2, 0.25) is 5.91 Å². The highest BCUT2D eigenvalue weighted by atomic mass is 32.3. The van der Waals surface area contributed by atoms with Crippen LogP contribution in [0.1, 0.15) is 85.0 Å². The Morgan fingerprint density at radius 3 is 2.39 bits per heavy atom. The van der Waals surface area contributed by atoms with Crippen molar-refractivity contribution in [2.75, 3.05) is 6.54 Å². The summed E-state index contributed by atoms with van der Waals surface area (Å²) >= 11 is 0. The number of rotatable bonds is 8. The first-order valence-electron chi connectivity index (χ1n) is 13.6. The molecule has 0 spiro atoms. The van der Waals surface area contributed by atoms with E-state index < -0.39 is 28.6 Å². The van der Waals surface area contributed by atoms with Crippen LogP contribution in [0.25, 0.3) is 0 Å². The van der Waals surface area contributed by atoms with E-state index in [-0.39, 0.29) is 35.1 Å². The number of nitrogens with one attached hydrogen (secondary N) is 1. The summed E-state index contributed by atoms with van der Waals surface area (Å²) in [5.41, 5.74) is 0.129. The van der Waals surface area contributed by atoms with Gasteiger partial charge in [-0.1, -0.05) is 20.8 Å². The molecule has 0 bridgehead atoms. The number of carboxylic acid groups (broad SMARTS) is 1. The Hall–Kier alpha value is -1.23. The predicted octanol–water partition coefficient (Wildman–Crippen LogP) is 3.42. The summed E-state index contributed by atoms with van der Waals surface area (Å²) in [6, 6.07) is 0. The molecule has 4 aliphatic rings. The smallest absolute Gasteiger partial charge is 0.397 e. The number of aliphatic hydroxyl groups is 1. The van der Waals surface area contributed by atoms with Gasteiger partial charge in [-0.05, 0) is 104 Å². The van der Waals surface area contributed by atoms with Crippen LogP contribution in [-0.2, 0) is 24.2 Å². The quantitative estimate of drug-likeness (QED) is 0.349. The molecule has 4 aliphatic carbocycles. The van der Waals surface area contributed by atoms with Crippen molar-refractivity contribution in [2.24, 2.45) is 46.3 Å². The SMILES string of the molecule is C[C@H](CCC(=O)NCC(=O)O)C1CCC2C3C(O)C[C@H]4C[C@H](OS(=O)(=O)O)CC[C@@]4(C)C3CC[C@@]21C. The highest BCUT2D eigenvalue weighted by Gasteiger charge is 2.63. The third-order valence-electron chi connectivity index (χ3n) is 10.9. The van der Waals surface area contributed by atoms with E-state index >= 15 is 0 Å². The van der Waals surface area contributed by atoms with E-state index in [1.807, 2.05) is 0 Å². The standard InChI is InChI=1S/C26H43NO8S/c1-15(4-7-22(29)27-14-23(30)31)18-5-6-19-24-20(9-11-26(18,19)3)25(2)10-8-17(35-36(32,33)34)12-16(25)13-21(24)28/h15-21,24,28H,4-14H2,1-3H3,(H,27,29)(H,30,31)(H,32,33,34)/t15-,16-,17-,18?,19?,20?,21?,24?,25-,26-/m1/s1. The van der Waals surface area contributed by atoms with Crippen LogP contribution in [0.15, 0.2) is 0 Å². The second-order valence-electron chi connectivity index (χ2n) is 12.6. The maximum Gasteiger partial charge on any atom is 0.397 e. The van der Waals surface area contributed by atoms with Crippen LogP contribution in [-0.4, -0.2) is 53.8 Å². The first kappa shape index (κ1) is 27.8. The van der Waals surface area contributed by atoms with Gasteiger partial charge in [0.05, 0.1) is 12.2 Å². The van der Waals surface area contributed by atoms with Crippen molar-refractivity contribution in [2.45, 2.75) is 97.2 Å². The van der Waals surface area contributed by atoms with Gasteiger partial charge in [0, 0.05) is 6.42 Å². The minimum absolute atomic E-state index is 0.0240. The van der Waals surface area contributed by atoms with Crippen LogP contribution >= 0.6 is 0 Å². The lowest BCUT2D eigenvalue weighted by Gasteiger charge is -2.62. The molecule has 0 aliphatic heterocycles. The maximum absolute atomic E-state index is 12.1. The van der Waals surface area contributed by atoms with Gasteiger partial charge >= 0.3 is 16.4 Å². The minimum atomic E-state index is -4.48. The largest absolute Gasteiger partial charge is 0.480 e. The Labute approximate surface area is 214 Å². The number of aliphatic carboxylic acids is 1. The Morgan fingerprint density at radius 2 is 1.72 bits per heavy atom. The third-order valence-corrected chi connectivity index (χ3v) is 11.4. The summed E-state index contributed by atoms with van der Waals surface area (Å²) in [4.78, 5) is 22.8. The zero-order chi connectivity index (χ0) is 26.5. The molecule has 10 atom stereocenters. The molecule has 9 nitrogen and oxygen atoms in total. The Kier molecular flexibility index (Phi) is 7.84. The van der Waals surface area contributed by atoms with E-state index in [1.54, 1.807) is 0 Å². The van der Waals surface area contributed by atoms with E-state index in [0.717, 1.165) is 38.5 Å². The lowest BCUT2D eigenvalue weighted by molar-refractivity contribution is -0.172. The number of hydrogen-bond acceptors (Lipinski definition) is 6. The average Bonchev–Trinajstić information content (AvgIpc) is 3.13. The monoisotopic (exact) mass is 529 g/mol. The molecule has 4 fully saturated rings. The van der Waals surface area contributed by atoms with Crippen LogP contribution in [0.2, 0.25) is 0 Å². The molecule has 0 radical (unpaired) electrons. The van der Waals surface area contributed by atoms with Crippen molar-refractivity contribution in [1.29, 1.82) is 0 Å². The fourth-order valence-electron chi connectivity index (χ4n) is 9.24. The average molecular weight is 530 g/mol. The van der Waals surface area contributed by atoms with Crippen LogP contribution in [0.3, 0.4) is 0 Å². The summed E-state index contributed by atoms with van der Waals surface area (Å²) in [6.45, 7) is 6.56. The fraction of sp³-hybridized carbons (Fsp3) is 0.923. The van der Waals surface area contributed by atoms with Crippen molar-refractivity contribution in [3.8, 4) is 0 Å². The molecule has 36 heavy (non-hydrogen) atoms. The van der Waals surface area contributed by atoms with Crippen LogP contribution in [0.4, 0.5) is 0 Å². The number of aliphatic hydroxyl groups excluding tert-OH is 1. The first-order chi connectivity index (χ1) is 16.7. The molecule has 10 heteroatoms. The number of carboxylic acids is 1. The van der Waals surface area contributed by atoms with E-state index in [4.69, 9.17) is 13.8 Å². The van der Waals surface area contributed by atoms with Gasteiger partial charge in [-0.2, -0.15) is 8.42 Å². The zero-order valence-electron chi connectivity index (χ0n) is 21.7. The molecule has 4 N–H and O–H groups in total. The van der Waals surface area contributed by atoms with Gasteiger partial charge in [-0.25, -0.2) is 4.18 Å². The second-order valence-corrected chi connectivity index (χ2v) is 13.7. The van der Waals surface area contributed by atoms with Crippen LogP contribution in [0.5, 0.6) is 0 Å². The molecule has 0 aromatic heterocycles. The number of carbonyl (C=O) groups excluding carboxylic acids is 1. The van der Waals surface area contributed by atoms with E-state index in [1.165, 1.54) is 0 Å². The summed E-state index contributed by atoms with van der Waals surface area (Å²) < 4.78 is 36.6. The van der Waals surface area contributed by atoms with E-state index in [9.17, 15) is 23.1 Å². The van der Waals surface area contributed by atoms with Crippen molar-refractivity contribution < 1.29 is 37.0 Å². The summed E-state index contributed by atoms with van der Waals surface area (Å²) in [7, 11) is -4.48. The van der Waals surface area contributed by atoms with Gasteiger partial charge in [0.25, 0.3) is 0 Å². The van der Waals surface area contributed by atoms with E-state index in [0.29, 0.717) is 49.4 Å². The molecule has 5 unspecified atom stereocenters. The number of carbonyl (C=O) groups is 2. The number of amides is 1. The zero-order valence-corrected chi connectivity index (χ0v) is 22.5. The third kappa shape index (κ3) is 5.33. The molecular formula is C26H43NO8S. The summed E-state index contributed by atoms with van der Waals surface area (Å²) in [5, 5.41) is 22.7. The van der Waals surface area contributed by atoms with Crippen LogP contribution < -0.4 is 5.32 Å². The maximum atomic E-state index is 12.1. The van der Waals surface area contributed by atoms with Crippen molar-refractivity contribution in [1.82, 2.24) is 5.32 Å². The molecule has 206 valence electrons. The number of hydrogen-bond donors (Lipinski definition) is 4. The van der Waals surface area contributed by atoms with Gasteiger partial charge in [-0.3, -0.25) is 14.1 Å². The molecule has 0 heterocycles. The van der Waals surface area contributed by atoms with Gasteiger partial charge in [0.1, 0.15) is 6.54 Å². The number of fused-ring (bicyclic) bond motifs is 5. The summed E-state index contributed by atoms with van der Waals surface area (Å²) in [6.07, 6.45) is 6.98. The fourth-order valence-corrected chi connectivity index (χ4v) is 9.76. The Balaban J connectivity index is 1.43. The molecule has 1 amide bonds. The topological polar surface area (TPSA) is 150 Å². The van der Waals surface area contributed by atoms with Crippen molar-refractivity contribution in [3.63, 3.8) is 0 Å². The molecule has 0 aromatic carbocycles. The lowest BCUT2D eigenvalue weighted by Crippen LogP contribution is -2.58. The second kappa shape index (κ2) is 10.2. The highest BCUT2D eigenvalue weighted by molar-refractivity contribution is 7.80. The van der Waals surface area contributed by atoms with E-state index in [2.05, 4.69) is 26.1 Å². The van der Waals surface area contributed by atoms with Crippen molar-refractivity contribution in [3.05, 3.63) is 0 Å². The molecule has 4 rings (SSSR count). The highest BCUT2D eigenvalue weighted by Crippen LogP contribution is 2.68. The normalized spacial score (nSPS) is 43.1. The Bertz CT molecular complexity index is 956. The van der Waals surface area contributed by atoms with Crippen LogP contribution in [0, 0.1) is 46.3 Å². The van der Waals surface area contributed by atoms with Gasteiger partial charge in [-0.15, -0.1) is 0 Å². The molecule has 4 saturated carbocycles. The minimum Gasteiger partial charge on any atom is -0.480 e.